The largest absolute Gasteiger partial charge is 0.385 e. The molecule has 2 heteroatoms. The van der Waals surface area contributed by atoms with Gasteiger partial charge in [-0.25, -0.2) is 0 Å². The molecular weight excluding hydrogens is 176 g/mol. The molecule has 1 aromatic carbocycles. The van der Waals surface area contributed by atoms with Gasteiger partial charge >= 0.3 is 0 Å². The van der Waals surface area contributed by atoms with E-state index in [1.165, 1.54) is 5.19 Å². The van der Waals surface area contributed by atoms with Crippen molar-refractivity contribution < 1.29 is 4.74 Å². The Kier molecular flexibility index (Phi) is 5.21. The lowest BCUT2D eigenvalue weighted by molar-refractivity contribution is 0.183. The molecular formula is C11H16OSi. The number of hydrogen-bond donors (Lipinski definition) is 0. The Labute approximate surface area is 82.3 Å². The minimum Gasteiger partial charge on any atom is -0.385 e. The first-order valence-electron chi connectivity index (χ1n) is 4.66. The summed E-state index contributed by atoms with van der Waals surface area (Å²) in [7, 11) is -0.196. The molecule has 0 spiro atoms. The third kappa shape index (κ3) is 4.65. The first-order valence-corrected chi connectivity index (χ1v) is 6.37. The van der Waals surface area contributed by atoms with E-state index in [2.05, 4.69) is 36.9 Å². The quantitative estimate of drug-likeness (QED) is 0.372. The topological polar surface area (TPSA) is 9.23 Å². The van der Waals surface area contributed by atoms with Crippen LogP contribution in [0.2, 0.25) is 0 Å². The molecule has 13 heavy (non-hydrogen) atoms. The molecule has 0 fully saturated rings. The summed E-state index contributed by atoms with van der Waals surface area (Å²) < 4.78 is 5.47. The average molecular weight is 192 g/mol. The highest BCUT2D eigenvalue weighted by Gasteiger charge is 1.91. The summed E-state index contributed by atoms with van der Waals surface area (Å²) in [5, 5.41) is 1.47. The first kappa shape index (κ1) is 10.2. The fraction of sp³-hybridized carbons (Fsp3) is 0.273. The summed E-state index contributed by atoms with van der Waals surface area (Å²) in [5.74, 6) is 0. The van der Waals surface area contributed by atoms with Gasteiger partial charge in [0.2, 0.25) is 0 Å². The van der Waals surface area contributed by atoms with Crippen LogP contribution >= 0.6 is 0 Å². The first-order chi connectivity index (χ1) is 6.43. The zero-order chi connectivity index (χ0) is 9.36. The van der Waals surface area contributed by atoms with Crippen molar-refractivity contribution >= 4 is 14.7 Å². The zero-order valence-electron chi connectivity index (χ0n) is 7.91. The summed E-state index contributed by atoms with van der Waals surface area (Å²) in [6.45, 7) is 4.47. The maximum atomic E-state index is 5.47. The normalized spacial score (nSPS) is 10.8. The second-order valence-electron chi connectivity index (χ2n) is 2.93. The summed E-state index contributed by atoms with van der Waals surface area (Å²) in [4.78, 5) is 0. The van der Waals surface area contributed by atoms with E-state index in [1.807, 2.05) is 6.08 Å². The molecule has 70 valence electrons. The number of hydrogen-bond acceptors (Lipinski definition) is 1. The van der Waals surface area contributed by atoms with Gasteiger partial charge in [0.05, 0.1) is 9.52 Å². The molecule has 0 bridgehead atoms. The predicted octanol–water partition coefficient (Wildman–Crippen LogP) is 1.03. The smallest absolute Gasteiger partial charge is 0.0848 e. The van der Waals surface area contributed by atoms with Gasteiger partial charge in [0, 0.05) is 12.8 Å². The molecule has 1 aromatic rings. The molecule has 0 heterocycles. The van der Waals surface area contributed by atoms with Crippen molar-refractivity contribution in [2.75, 3.05) is 12.8 Å². The SMILES string of the molecule is C=CCCOC[SiH2]c1ccccc1. The van der Waals surface area contributed by atoms with Gasteiger partial charge in [-0.1, -0.05) is 41.6 Å². The molecule has 0 aliphatic carbocycles. The van der Waals surface area contributed by atoms with Crippen LogP contribution in [-0.2, 0) is 4.74 Å². The van der Waals surface area contributed by atoms with Crippen molar-refractivity contribution in [3.05, 3.63) is 43.0 Å². The van der Waals surface area contributed by atoms with Crippen LogP contribution in [0.3, 0.4) is 0 Å². The van der Waals surface area contributed by atoms with Crippen LogP contribution in [0.25, 0.3) is 0 Å². The van der Waals surface area contributed by atoms with E-state index < -0.39 is 0 Å². The number of rotatable bonds is 6. The van der Waals surface area contributed by atoms with Crippen LogP contribution in [0.1, 0.15) is 6.42 Å². The van der Waals surface area contributed by atoms with Gasteiger partial charge in [-0.2, -0.15) is 0 Å². The summed E-state index contributed by atoms with van der Waals surface area (Å²) in [6, 6.07) is 10.6. The highest BCUT2D eigenvalue weighted by molar-refractivity contribution is 6.53. The van der Waals surface area contributed by atoms with Gasteiger partial charge in [-0.3, -0.25) is 0 Å². The van der Waals surface area contributed by atoms with E-state index >= 15 is 0 Å². The van der Waals surface area contributed by atoms with Crippen LogP contribution in [0.4, 0.5) is 0 Å². The molecule has 0 radical (unpaired) electrons. The van der Waals surface area contributed by atoms with Crippen molar-refractivity contribution in [2.24, 2.45) is 0 Å². The van der Waals surface area contributed by atoms with E-state index in [4.69, 9.17) is 4.74 Å². The second-order valence-corrected chi connectivity index (χ2v) is 4.65. The standard InChI is InChI=1S/C11H16OSi/c1-2-3-9-12-10-13-11-7-5-4-6-8-11/h2,4-8H,1,3,9-10,13H2. The maximum absolute atomic E-state index is 5.47. The molecule has 0 N–H and O–H groups in total. The Morgan fingerprint density at radius 1 is 1.31 bits per heavy atom. The van der Waals surface area contributed by atoms with Gasteiger partial charge in [0.25, 0.3) is 0 Å². The number of ether oxygens (including phenoxy) is 1. The minimum atomic E-state index is -0.196. The van der Waals surface area contributed by atoms with E-state index in [1.54, 1.807) is 0 Å². The van der Waals surface area contributed by atoms with Gasteiger partial charge in [-0.15, -0.1) is 6.58 Å². The fourth-order valence-corrected chi connectivity index (χ4v) is 2.29. The lowest BCUT2D eigenvalue weighted by atomic mass is 10.4. The molecule has 1 rings (SSSR count). The molecule has 0 atom stereocenters. The van der Waals surface area contributed by atoms with E-state index in [0.717, 1.165) is 19.3 Å². The highest BCUT2D eigenvalue weighted by Crippen LogP contribution is 1.84. The highest BCUT2D eigenvalue weighted by atomic mass is 28.2. The molecule has 1 nitrogen and oxygen atoms in total. The van der Waals surface area contributed by atoms with Crippen molar-refractivity contribution in [1.29, 1.82) is 0 Å². The van der Waals surface area contributed by atoms with Gasteiger partial charge in [0.15, 0.2) is 0 Å². The van der Waals surface area contributed by atoms with Gasteiger partial charge in [-0.05, 0) is 6.42 Å². The van der Waals surface area contributed by atoms with E-state index in [-0.39, 0.29) is 9.52 Å². The Morgan fingerprint density at radius 3 is 2.77 bits per heavy atom. The summed E-state index contributed by atoms with van der Waals surface area (Å²) in [5.41, 5.74) is 0. The molecule has 0 aromatic heterocycles. The Bertz CT molecular complexity index is 233. The van der Waals surface area contributed by atoms with Crippen molar-refractivity contribution in [3.8, 4) is 0 Å². The molecule has 0 unspecified atom stereocenters. The molecule has 0 amide bonds. The van der Waals surface area contributed by atoms with Gasteiger partial charge < -0.3 is 4.74 Å². The lowest BCUT2D eigenvalue weighted by Gasteiger charge is -2.01. The molecule has 0 saturated heterocycles. The van der Waals surface area contributed by atoms with Crippen molar-refractivity contribution in [3.63, 3.8) is 0 Å². The van der Waals surface area contributed by atoms with Crippen molar-refractivity contribution in [2.45, 2.75) is 6.42 Å². The Morgan fingerprint density at radius 2 is 2.08 bits per heavy atom. The lowest BCUT2D eigenvalue weighted by Crippen LogP contribution is -2.19. The van der Waals surface area contributed by atoms with Crippen LogP contribution in [0.5, 0.6) is 0 Å². The molecule has 0 aliphatic rings. The summed E-state index contributed by atoms with van der Waals surface area (Å²) >= 11 is 0. The van der Waals surface area contributed by atoms with Crippen LogP contribution in [-0.4, -0.2) is 22.4 Å². The molecule has 0 aliphatic heterocycles. The van der Waals surface area contributed by atoms with Crippen LogP contribution < -0.4 is 5.19 Å². The Hall–Kier alpha value is -0.863. The second kappa shape index (κ2) is 6.63. The third-order valence-electron chi connectivity index (χ3n) is 1.84. The maximum Gasteiger partial charge on any atom is 0.0848 e. The van der Waals surface area contributed by atoms with Gasteiger partial charge in [0.1, 0.15) is 0 Å². The van der Waals surface area contributed by atoms with E-state index in [9.17, 15) is 0 Å². The fourth-order valence-electron chi connectivity index (χ4n) is 1.10. The average Bonchev–Trinajstić information content (AvgIpc) is 2.19. The summed E-state index contributed by atoms with van der Waals surface area (Å²) in [6.07, 6.45) is 3.80. The Balaban J connectivity index is 2.10. The van der Waals surface area contributed by atoms with Crippen LogP contribution in [0.15, 0.2) is 43.0 Å². The minimum absolute atomic E-state index is 0.196. The van der Waals surface area contributed by atoms with Crippen LogP contribution in [0, 0.1) is 0 Å². The third-order valence-corrected chi connectivity index (χ3v) is 3.39. The van der Waals surface area contributed by atoms with Crippen molar-refractivity contribution in [1.82, 2.24) is 0 Å². The monoisotopic (exact) mass is 192 g/mol. The number of benzene rings is 1. The van der Waals surface area contributed by atoms with E-state index in [0.29, 0.717) is 0 Å². The molecule has 0 saturated carbocycles. The predicted molar refractivity (Wildman–Crippen MR) is 60.3 cm³/mol. The zero-order valence-corrected chi connectivity index (χ0v) is 9.32.